The van der Waals surface area contributed by atoms with Gasteiger partial charge in [0.15, 0.2) is 0 Å². The van der Waals surface area contributed by atoms with E-state index in [1.807, 2.05) is 6.07 Å². The van der Waals surface area contributed by atoms with E-state index < -0.39 is 16.1 Å². The van der Waals surface area contributed by atoms with Gasteiger partial charge in [-0.3, -0.25) is 0 Å². The Morgan fingerprint density at radius 3 is 2.53 bits per heavy atom. The molecule has 15 heavy (non-hydrogen) atoms. The van der Waals surface area contributed by atoms with Crippen LogP contribution in [0.2, 0.25) is 0 Å². The van der Waals surface area contributed by atoms with Crippen molar-refractivity contribution in [2.75, 3.05) is 5.75 Å². The molecule has 0 amide bonds. The van der Waals surface area contributed by atoms with Crippen molar-refractivity contribution in [1.29, 1.82) is 5.26 Å². The van der Waals surface area contributed by atoms with E-state index in [0.29, 0.717) is 0 Å². The largest absolute Gasteiger partial charge is 0.213 e. The first-order valence-corrected chi connectivity index (χ1v) is 7.08. The van der Waals surface area contributed by atoms with E-state index in [1.54, 1.807) is 6.92 Å². The van der Waals surface area contributed by atoms with Gasteiger partial charge in [-0.25, -0.2) is 8.42 Å². The molecule has 1 atom stereocenters. The van der Waals surface area contributed by atoms with Crippen molar-refractivity contribution in [1.82, 2.24) is 4.72 Å². The Balaban J connectivity index is 2.45. The molecule has 1 aliphatic rings. The van der Waals surface area contributed by atoms with Gasteiger partial charge in [-0.05, 0) is 25.7 Å². The van der Waals surface area contributed by atoms with Crippen LogP contribution in [0.15, 0.2) is 0 Å². The van der Waals surface area contributed by atoms with Crippen molar-refractivity contribution >= 4 is 10.0 Å². The van der Waals surface area contributed by atoms with Gasteiger partial charge < -0.3 is 0 Å². The topological polar surface area (TPSA) is 70.0 Å². The van der Waals surface area contributed by atoms with Gasteiger partial charge in [-0.15, -0.1) is 0 Å². The highest BCUT2D eigenvalue weighted by Gasteiger charge is 2.22. The molecular formula is C10H18N2O2S. The number of rotatable bonds is 4. The van der Waals surface area contributed by atoms with E-state index in [-0.39, 0.29) is 11.7 Å². The fourth-order valence-electron chi connectivity index (χ4n) is 2.01. The van der Waals surface area contributed by atoms with Crippen LogP contribution in [0.25, 0.3) is 0 Å². The Morgan fingerprint density at radius 1 is 1.40 bits per heavy atom. The molecule has 86 valence electrons. The molecule has 1 fully saturated rings. The van der Waals surface area contributed by atoms with Gasteiger partial charge in [0, 0.05) is 0 Å². The fraction of sp³-hybridized carbons (Fsp3) is 0.900. The summed E-state index contributed by atoms with van der Waals surface area (Å²) in [5.41, 5.74) is 0. The molecule has 1 N–H and O–H groups in total. The van der Waals surface area contributed by atoms with Gasteiger partial charge in [-0.1, -0.05) is 19.3 Å². The monoisotopic (exact) mass is 230 g/mol. The van der Waals surface area contributed by atoms with Gasteiger partial charge in [0.05, 0.1) is 11.8 Å². The van der Waals surface area contributed by atoms with Crippen molar-refractivity contribution in [3.05, 3.63) is 0 Å². The number of nitriles is 1. The Kier molecular flexibility index (Phi) is 4.55. The molecular weight excluding hydrogens is 212 g/mol. The van der Waals surface area contributed by atoms with E-state index in [1.165, 1.54) is 6.42 Å². The molecule has 0 aliphatic heterocycles. The lowest BCUT2D eigenvalue weighted by Crippen LogP contribution is -2.35. The summed E-state index contributed by atoms with van der Waals surface area (Å²) >= 11 is 0. The molecule has 0 spiro atoms. The maximum Gasteiger partial charge on any atom is 0.213 e. The smallest absolute Gasteiger partial charge is 0.212 e. The zero-order chi connectivity index (χ0) is 11.3. The van der Waals surface area contributed by atoms with Crippen LogP contribution in [0.3, 0.4) is 0 Å². The van der Waals surface area contributed by atoms with Gasteiger partial charge in [-0.2, -0.15) is 9.98 Å². The highest BCUT2D eigenvalue weighted by atomic mass is 32.2. The third-order valence-corrected chi connectivity index (χ3v) is 4.35. The molecule has 0 heterocycles. The summed E-state index contributed by atoms with van der Waals surface area (Å²) in [5, 5.41) is 8.53. The Hall–Kier alpha value is -0.600. The molecule has 0 aromatic heterocycles. The second-order valence-electron chi connectivity index (χ2n) is 4.25. The van der Waals surface area contributed by atoms with E-state index in [4.69, 9.17) is 5.26 Å². The predicted octanol–water partition coefficient (Wildman–Crippen LogP) is 1.40. The molecule has 1 aliphatic carbocycles. The van der Waals surface area contributed by atoms with Crippen molar-refractivity contribution in [3.8, 4) is 6.07 Å². The average molecular weight is 230 g/mol. The van der Waals surface area contributed by atoms with E-state index in [2.05, 4.69) is 4.72 Å². The van der Waals surface area contributed by atoms with Crippen LogP contribution in [-0.2, 0) is 10.0 Å². The maximum atomic E-state index is 11.6. The molecule has 4 nitrogen and oxygen atoms in total. The Bertz CT molecular complexity index is 326. The molecule has 0 radical (unpaired) electrons. The third-order valence-electron chi connectivity index (χ3n) is 2.73. The van der Waals surface area contributed by atoms with Crippen LogP contribution in [0.1, 0.15) is 39.0 Å². The zero-order valence-electron chi connectivity index (χ0n) is 9.07. The average Bonchev–Trinajstić information content (AvgIpc) is 2.17. The number of nitrogens with zero attached hydrogens (tertiary/aromatic N) is 1. The van der Waals surface area contributed by atoms with Gasteiger partial charge >= 0.3 is 0 Å². The molecule has 0 bridgehead atoms. The van der Waals surface area contributed by atoms with Crippen molar-refractivity contribution in [2.45, 2.75) is 45.1 Å². The van der Waals surface area contributed by atoms with Crippen LogP contribution in [-0.4, -0.2) is 20.2 Å². The number of nitrogens with one attached hydrogen (secondary N) is 1. The van der Waals surface area contributed by atoms with Crippen LogP contribution in [0.4, 0.5) is 0 Å². The summed E-state index contributed by atoms with van der Waals surface area (Å²) in [6.07, 6.45) is 5.49. The first-order chi connectivity index (χ1) is 7.03. The molecule has 0 aromatic carbocycles. The zero-order valence-corrected chi connectivity index (χ0v) is 9.89. The SMILES string of the molecule is CC(C#N)NS(=O)(=O)CC1CCCCC1. The van der Waals surface area contributed by atoms with E-state index in [9.17, 15) is 8.42 Å². The highest BCUT2D eigenvalue weighted by molar-refractivity contribution is 7.89. The second kappa shape index (κ2) is 5.47. The minimum atomic E-state index is -3.27. The van der Waals surface area contributed by atoms with Gasteiger partial charge in [0.2, 0.25) is 10.0 Å². The summed E-state index contributed by atoms with van der Waals surface area (Å²) in [5.74, 6) is 0.459. The van der Waals surface area contributed by atoms with Crippen LogP contribution < -0.4 is 4.72 Å². The van der Waals surface area contributed by atoms with Crippen molar-refractivity contribution in [3.63, 3.8) is 0 Å². The van der Waals surface area contributed by atoms with E-state index >= 15 is 0 Å². The quantitative estimate of drug-likeness (QED) is 0.793. The molecule has 1 unspecified atom stereocenters. The number of hydrogen-bond donors (Lipinski definition) is 1. The lowest BCUT2D eigenvalue weighted by molar-refractivity contribution is 0.383. The van der Waals surface area contributed by atoms with Crippen molar-refractivity contribution in [2.24, 2.45) is 5.92 Å². The summed E-state index contributed by atoms with van der Waals surface area (Å²) in [4.78, 5) is 0. The molecule has 1 saturated carbocycles. The minimum absolute atomic E-state index is 0.180. The maximum absolute atomic E-state index is 11.6. The fourth-order valence-corrected chi connectivity index (χ4v) is 3.65. The normalized spacial score (nSPS) is 20.8. The number of sulfonamides is 1. The third kappa shape index (κ3) is 4.63. The summed E-state index contributed by atoms with van der Waals surface area (Å²) < 4.78 is 25.6. The van der Waals surface area contributed by atoms with Crippen LogP contribution in [0.5, 0.6) is 0 Å². The first-order valence-electron chi connectivity index (χ1n) is 5.43. The highest BCUT2D eigenvalue weighted by Crippen LogP contribution is 2.24. The summed E-state index contributed by atoms with van der Waals surface area (Å²) in [6.45, 7) is 1.55. The van der Waals surface area contributed by atoms with Crippen LogP contribution in [0, 0.1) is 17.2 Å². The molecule has 5 heteroatoms. The second-order valence-corrected chi connectivity index (χ2v) is 6.05. The molecule has 0 aromatic rings. The lowest BCUT2D eigenvalue weighted by atomic mass is 9.91. The Morgan fingerprint density at radius 2 is 2.00 bits per heavy atom. The van der Waals surface area contributed by atoms with Crippen LogP contribution >= 0.6 is 0 Å². The Labute approximate surface area is 91.7 Å². The molecule has 1 rings (SSSR count). The standard InChI is InChI=1S/C10H18N2O2S/c1-9(7-11)12-15(13,14)8-10-5-3-2-4-6-10/h9-10,12H,2-6,8H2,1H3. The minimum Gasteiger partial charge on any atom is -0.212 e. The molecule has 0 saturated heterocycles. The van der Waals surface area contributed by atoms with Gasteiger partial charge in [0.25, 0.3) is 0 Å². The summed E-state index contributed by atoms with van der Waals surface area (Å²) in [7, 11) is -3.27. The predicted molar refractivity (Wildman–Crippen MR) is 58.6 cm³/mol. The first kappa shape index (κ1) is 12.5. The summed E-state index contributed by atoms with van der Waals surface area (Å²) in [6, 6.07) is 1.24. The number of hydrogen-bond acceptors (Lipinski definition) is 3. The van der Waals surface area contributed by atoms with E-state index in [0.717, 1.165) is 25.7 Å². The van der Waals surface area contributed by atoms with Crippen molar-refractivity contribution < 1.29 is 8.42 Å². The van der Waals surface area contributed by atoms with Gasteiger partial charge in [0.1, 0.15) is 6.04 Å². The lowest BCUT2D eigenvalue weighted by Gasteiger charge is -2.21.